The number of hydrogen-bond donors (Lipinski definition) is 2. The average molecular weight is 235 g/mol. The van der Waals surface area contributed by atoms with Gasteiger partial charge in [0.2, 0.25) is 0 Å². The number of hydrogen-bond acceptors (Lipinski definition) is 3. The van der Waals surface area contributed by atoms with Gasteiger partial charge in [0.05, 0.1) is 13.2 Å². The first-order valence-corrected chi connectivity index (χ1v) is 5.72. The van der Waals surface area contributed by atoms with E-state index >= 15 is 0 Å². The molecule has 0 fully saturated rings. The number of amidine groups is 1. The van der Waals surface area contributed by atoms with Crippen molar-refractivity contribution in [2.75, 3.05) is 20.3 Å². The number of aliphatic imine (C=N–C) groups is 1. The van der Waals surface area contributed by atoms with Crippen LogP contribution < -0.4 is 11.3 Å². The minimum atomic E-state index is 0.609. The molecule has 17 heavy (non-hydrogen) atoms. The van der Waals surface area contributed by atoms with Crippen LogP contribution in [0.1, 0.15) is 16.7 Å². The zero-order valence-electron chi connectivity index (χ0n) is 10.8. The second-order valence-corrected chi connectivity index (χ2v) is 4.06. The van der Waals surface area contributed by atoms with Crippen molar-refractivity contribution in [3.63, 3.8) is 0 Å². The lowest BCUT2D eigenvalue weighted by Crippen LogP contribution is -2.32. The van der Waals surface area contributed by atoms with Crippen LogP contribution in [0, 0.1) is 13.8 Å². The molecule has 4 heteroatoms. The Morgan fingerprint density at radius 3 is 2.71 bits per heavy atom. The molecule has 0 spiro atoms. The zero-order valence-corrected chi connectivity index (χ0v) is 10.8. The number of methoxy groups -OCH3 is 1. The van der Waals surface area contributed by atoms with Crippen molar-refractivity contribution in [3.8, 4) is 0 Å². The largest absolute Gasteiger partial charge is 0.383 e. The number of nitrogens with one attached hydrogen (secondary N) is 1. The van der Waals surface area contributed by atoms with Crippen LogP contribution in [0.5, 0.6) is 0 Å². The van der Waals surface area contributed by atoms with E-state index in [2.05, 4.69) is 42.5 Å². The fourth-order valence-corrected chi connectivity index (χ4v) is 1.53. The van der Waals surface area contributed by atoms with Gasteiger partial charge in [0.15, 0.2) is 0 Å². The van der Waals surface area contributed by atoms with Gasteiger partial charge in [0.25, 0.3) is 0 Å². The fourth-order valence-electron chi connectivity index (χ4n) is 1.53. The van der Waals surface area contributed by atoms with Crippen LogP contribution in [0.2, 0.25) is 0 Å². The van der Waals surface area contributed by atoms with E-state index in [0.717, 1.165) is 12.3 Å². The molecule has 0 aromatic heterocycles. The van der Waals surface area contributed by atoms with Crippen molar-refractivity contribution >= 4 is 5.84 Å². The van der Waals surface area contributed by atoms with Crippen molar-refractivity contribution in [2.24, 2.45) is 10.8 Å². The number of rotatable bonds is 5. The lowest BCUT2D eigenvalue weighted by molar-refractivity contribution is 0.208. The maximum Gasteiger partial charge on any atom is 0.115 e. The zero-order chi connectivity index (χ0) is 12.7. The number of ether oxygens (including phenoxy) is 1. The molecule has 0 saturated carbocycles. The summed E-state index contributed by atoms with van der Waals surface area (Å²) in [7, 11) is 1.66. The Morgan fingerprint density at radius 2 is 2.12 bits per heavy atom. The molecule has 94 valence electrons. The van der Waals surface area contributed by atoms with Crippen LogP contribution in [0.4, 0.5) is 0 Å². The summed E-state index contributed by atoms with van der Waals surface area (Å²) in [5.41, 5.74) is 6.43. The van der Waals surface area contributed by atoms with Crippen molar-refractivity contribution in [3.05, 3.63) is 34.9 Å². The van der Waals surface area contributed by atoms with E-state index in [1.165, 1.54) is 16.7 Å². The Bertz CT molecular complexity index is 388. The summed E-state index contributed by atoms with van der Waals surface area (Å²) in [6, 6.07) is 6.39. The second kappa shape index (κ2) is 7.04. The number of nitrogens with two attached hydrogens (primary N) is 1. The van der Waals surface area contributed by atoms with Gasteiger partial charge >= 0.3 is 0 Å². The normalized spacial score (nSPS) is 11.6. The van der Waals surface area contributed by atoms with Gasteiger partial charge in [-0.25, -0.2) is 5.84 Å². The molecule has 0 bridgehead atoms. The standard InChI is InChI=1S/C13H21N3O/c1-10-4-5-12(8-11(10)2)9-13(16-14)15-6-7-17-3/h4-5,8H,6-7,9,14H2,1-3H3,(H,15,16). The Hall–Kier alpha value is -1.39. The monoisotopic (exact) mass is 235 g/mol. The highest BCUT2D eigenvalue weighted by Crippen LogP contribution is 2.10. The fraction of sp³-hybridized carbons (Fsp3) is 0.462. The van der Waals surface area contributed by atoms with E-state index in [1.54, 1.807) is 7.11 Å². The average Bonchev–Trinajstić information content (AvgIpc) is 2.32. The molecule has 1 rings (SSSR count). The van der Waals surface area contributed by atoms with Crippen molar-refractivity contribution in [2.45, 2.75) is 20.3 Å². The van der Waals surface area contributed by atoms with Crippen LogP contribution in [-0.4, -0.2) is 26.1 Å². The van der Waals surface area contributed by atoms with Crippen molar-refractivity contribution in [1.82, 2.24) is 5.43 Å². The smallest absolute Gasteiger partial charge is 0.115 e. The maximum atomic E-state index is 5.45. The molecule has 0 aliphatic heterocycles. The van der Waals surface area contributed by atoms with Crippen LogP contribution >= 0.6 is 0 Å². The Morgan fingerprint density at radius 1 is 1.35 bits per heavy atom. The molecular formula is C13H21N3O. The molecule has 1 aromatic rings. The molecule has 3 N–H and O–H groups in total. The molecule has 0 unspecified atom stereocenters. The van der Waals surface area contributed by atoms with Gasteiger partial charge in [0.1, 0.15) is 5.84 Å². The van der Waals surface area contributed by atoms with Gasteiger partial charge in [0, 0.05) is 13.5 Å². The third kappa shape index (κ3) is 4.54. The molecule has 0 saturated heterocycles. The Kier molecular flexibility index (Phi) is 5.66. The first-order valence-electron chi connectivity index (χ1n) is 5.72. The minimum Gasteiger partial charge on any atom is -0.383 e. The second-order valence-electron chi connectivity index (χ2n) is 4.06. The molecule has 1 aromatic carbocycles. The lowest BCUT2D eigenvalue weighted by Gasteiger charge is -2.08. The minimum absolute atomic E-state index is 0.609. The Balaban J connectivity index is 2.67. The van der Waals surface area contributed by atoms with Crippen LogP contribution in [0.25, 0.3) is 0 Å². The van der Waals surface area contributed by atoms with Gasteiger partial charge < -0.3 is 10.2 Å². The third-order valence-electron chi connectivity index (χ3n) is 2.71. The highest BCUT2D eigenvalue weighted by Gasteiger charge is 2.01. The SMILES string of the molecule is COCCN=C(Cc1ccc(C)c(C)c1)NN. The summed E-state index contributed by atoms with van der Waals surface area (Å²) in [5.74, 6) is 6.23. The lowest BCUT2D eigenvalue weighted by atomic mass is 10.0. The summed E-state index contributed by atoms with van der Waals surface area (Å²) >= 11 is 0. The van der Waals surface area contributed by atoms with Crippen LogP contribution in [0.15, 0.2) is 23.2 Å². The number of benzene rings is 1. The van der Waals surface area contributed by atoms with Gasteiger partial charge in [-0.1, -0.05) is 18.2 Å². The number of hydrazine groups is 1. The third-order valence-corrected chi connectivity index (χ3v) is 2.71. The Labute approximate surface area is 103 Å². The highest BCUT2D eigenvalue weighted by molar-refractivity contribution is 5.83. The molecule has 0 aliphatic rings. The van der Waals surface area contributed by atoms with E-state index in [9.17, 15) is 0 Å². The van der Waals surface area contributed by atoms with Gasteiger partial charge in [-0.3, -0.25) is 4.99 Å². The predicted octanol–water partition coefficient (Wildman–Crippen LogP) is 1.35. The van der Waals surface area contributed by atoms with E-state index in [1.807, 2.05) is 0 Å². The summed E-state index contributed by atoms with van der Waals surface area (Å²) in [5, 5.41) is 0. The molecule has 4 nitrogen and oxygen atoms in total. The molecule has 0 heterocycles. The molecule has 0 amide bonds. The van der Waals surface area contributed by atoms with Gasteiger partial charge in [-0.05, 0) is 30.5 Å². The number of aryl methyl sites for hydroxylation is 2. The quantitative estimate of drug-likeness (QED) is 0.266. The summed E-state index contributed by atoms with van der Waals surface area (Å²) in [4.78, 5) is 4.33. The van der Waals surface area contributed by atoms with Crippen molar-refractivity contribution < 1.29 is 4.74 Å². The number of nitrogens with zero attached hydrogens (tertiary/aromatic N) is 1. The summed E-state index contributed by atoms with van der Waals surface area (Å²) in [6.07, 6.45) is 0.724. The highest BCUT2D eigenvalue weighted by atomic mass is 16.5. The first-order chi connectivity index (χ1) is 8.17. The van der Waals surface area contributed by atoms with E-state index in [0.29, 0.717) is 13.2 Å². The van der Waals surface area contributed by atoms with E-state index in [4.69, 9.17) is 10.6 Å². The summed E-state index contributed by atoms with van der Waals surface area (Å²) < 4.78 is 4.95. The van der Waals surface area contributed by atoms with Crippen molar-refractivity contribution in [1.29, 1.82) is 0 Å². The molecule has 0 radical (unpaired) electrons. The topological polar surface area (TPSA) is 59.6 Å². The first kappa shape index (κ1) is 13.7. The molecular weight excluding hydrogens is 214 g/mol. The predicted molar refractivity (Wildman–Crippen MR) is 71.1 cm³/mol. The van der Waals surface area contributed by atoms with Gasteiger partial charge in [-0.2, -0.15) is 0 Å². The van der Waals surface area contributed by atoms with Crippen LogP contribution in [-0.2, 0) is 11.2 Å². The van der Waals surface area contributed by atoms with Crippen LogP contribution in [0.3, 0.4) is 0 Å². The molecule has 0 aliphatic carbocycles. The van der Waals surface area contributed by atoms with Gasteiger partial charge in [-0.15, -0.1) is 0 Å². The maximum absolute atomic E-state index is 5.45. The van der Waals surface area contributed by atoms with E-state index < -0.39 is 0 Å². The summed E-state index contributed by atoms with van der Waals surface area (Å²) in [6.45, 7) is 5.45. The van der Waals surface area contributed by atoms with E-state index in [-0.39, 0.29) is 0 Å². The molecule has 0 atom stereocenters.